The molecule has 1 aromatic heterocycles. The number of carboxylic acid groups (broad SMARTS) is 1. The van der Waals surface area contributed by atoms with Gasteiger partial charge in [0.15, 0.2) is 0 Å². The summed E-state index contributed by atoms with van der Waals surface area (Å²) < 4.78 is 38.6. The van der Waals surface area contributed by atoms with Crippen LogP contribution >= 0.6 is 0 Å². The predicted molar refractivity (Wildman–Crippen MR) is 129 cm³/mol. The fraction of sp³-hybridized carbons (Fsp3) is 0.240. The van der Waals surface area contributed by atoms with Crippen LogP contribution in [-0.4, -0.2) is 51.6 Å². The normalized spacial score (nSPS) is 22.8. The summed E-state index contributed by atoms with van der Waals surface area (Å²) in [5.74, 6) is 6.12. The zero-order chi connectivity index (χ0) is 27.1. The number of amidine groups is 1. The van der Waals surface area contributed by atoms with Crippen LogP contribution in [0, 0.1) is 5.92 Å². The van der Waals surface area contributed by atoms with E-state index in [0.717, 1.165) is 24.8 Å². The second-order valence-corrected chi connectivity index (χ2v) is 9.07. The van der Waals surface area contributed by atoms with Crippen LogP contribution < -0.4 is 16.3 Å². The number of quaternary nitrogens is 1. The van der Waals surface area contributed by atoms with Crippen LogP contribution in [0.25, 0.3) is 0 Å². The predicted octanol–water partition coefficient (Wildman–Crippen LogP) is 2.63. The number of rotatable bonds is 4. The molecular formula is C25H22F3N7O3. The zero-order valence-electron chi connectivity index (χ0n) is 19.9. The summed E-state index contributed by atoms with van der Waals surface area (Å²) in [6.45, 7) is 0.631. The first-order valence-electron chi connectivity index (χ1n) is 11.7. The molecule has 1 saturated heterocycles. The Labute approximate surface area is 214 Å². The van der Waals surface area contributed by atoms with E-state index >= 15 is 0 Å². The minimum absolute atomic E-state index is 0.191. The second kappa shape index (κ2) is 9.50. The zero-order valence-corrected chi connectivity index (χ0v) is 19.9. The van der Waals surface area contributed by atoms with Gasteiger partial charge in [-0.3, -0.25) is 9.79 Å². The van der Waals surface area contributed by atoms with E-state index in [-0.39, 0.29) is 28.4 Å². The first-order valence-corrected chi connectivity index (χ1v) is 11.7. The summed E-state index contributed by atoms with van der Waals surface area (Å²) in [5.41, 5.74) is 1.12. The lowest BCUT2D eigenvalue weighted by Crippen LogP contribution is -2.53. The Morgan fingerprint density at radius 2 is 1.95 bits per heavy atom. The summed E-state index contributed by atoms with van der Waals surface area (Å²) >= 11 is 0. The van der Waals surface area contributed by atoms with E-state index in [4.69, 9.17) is 10.8 Å². The SMILES string of the molecule is N[N+]12C=CN=CC1=C(C1CCCN(C(=O)[O-])C1)N=C2c1ccc(C(=O)Nc2cc(C(F)(F)F)ccn2)cc1. The van der Waals surface area contributed by atoms with Crippen molar-refractivity contribution in [3.8, 4) is 0 Å². The van der Waals surface area contributed by atoms with Gasteiger partial charge < -0.3 is 20.1 Å². The van der Waals surface area contributed by atoms with Crippen molar-refractivity contribution in [3.05, 3.63) is 83.1 Å². The first-order chi connectivity index (χ1) is 18.1. The number of anilines is 1. The first kappa shape index (κ1) is 25.3. The van der Waals surface area contributed by atoms with Crippen molar-refractivity contribution in [1.29, 1.82) is 0 Å². The molecule has 0 saturated carbocycles. The molecule has 0 spiro atoms. The number of aromatic nitrogens is 1. The number of benzene rings is 1. The smallest absolute Gasteiger partial charge is 0.416 e. The number of allylic oxidation sites excluding steroid dienone is 1. The van der Waals surface area contributed by atoms with Crippen LogP contribution in [0.2, 0.25) is 0 Å². The minimum Gasteiger partial charge on any atom is -0.530 e. The molecule has 38 heavy (non-hydrogen) atoms. The third kappa shape index (κ3) is 4.68. The van der Waals surface area contributed by atoms with E-state index in [9.17, 15) is 27.9 Å². The highest BCUT2D eigenvalue weighted by Crippen LogP contribution is 2.37. The highest BCUT2D eigenvalue weighted by Gasteiger charge is 2.46. The Kier molecular flexibility index (Phi) is 6.33. The largest absolute Gasteiger partial charge is 0.530 e. The number of piperidine rings is 1. The Bertz CT molecular complexity index is 1420. The molecule has 0 aliphatic carbocycles. The van der Waals surface area contributed by atoms with Crippen LogP contribution in [0.15, 0.2) is 76.4 Å². The molecule has 5 rings (SSSR count). The van der Waals surface area contributed by atoms with E-state index in [1.165, 1.54) is 17.0 Å². The maximum absolute atomic E-state index is 13.0. The topological polar surface area (TPSA) is 136 Å². The number of nitrogens with one attached hydrogen (secondary N) is 1. The number of amides is 2. The Morgan fingerprint density at radius 1 is 1.18 bits per heavy atom. The molecule has 13 heteroatoms. The molecule has 196 valence electrons. The fourth-order valence-corrected chi connectivity index (χ4v) is 4.71. The number of carbonyl (C=O) groups is 2. The third-order valence-electron chi connectivity index (χ3n) is 6.62. The summed E-state index contributed by atoms with van der Waals surface area (Å²) in [6.07, 6.45) is 1.35. The lowest BCUT2D eigenvalue weighted by atomic mass is 9.94. The number of hydrogen-bond donors (Lipinski definition) is 2. The molecule has 0 bridgehead atoms. The molecule has 3 aliphatic rings. The van der Waals surface area contributed by atoms with Gasteiger partial charge in [-0.05, 0) is 49.2 Å². The molecule has 3 aliphatic heterocycles. The molecule has 0 radical (unpaired) electrons. The molecule has 1 fully saturated rings. The third-order valence-corrected chi connectivity index (χ3v) is 6.62. The average Bonchev–Trinajstić information content (AvgIpc) is 3.21. The van der Waals surface area contributed by atoms with Crippen molar-refractivity contribution in [3.63, 3.8) is 0 Å². The molecule has 3 N–H and O–H groups in total. The van der Waals surface area contributed by atoms with E-state index < -0.39 is 23.7 Å². The number of halogens is 3. The average molecular weight is 525 g/mol. The fourth-order valence-electron chi connectivity index (χ4n) is 4.71. The molecule has 2 atom stereocenters. The lowest BCUT2D eigenvalue weighted by molar-refractivity contribution is -0.750. The number of nitrogens with two attached hydrogens (primary N) is 1. The van der Waals surface area contributed by atoms with E-state index in [2.05, 4.69) is 15.3 Å². The van der Waals surface area contributed by atoms with Crippen LogP contribution in [0.4, 0.5) is 23.8 Å². The van der Waals surface area contributed by atoms with Gasteiger partial charge in [-0.2, -0.15) is 24.0 Å². The molecular weight excluding hydrogens is 503 g/mol. The van der Waals surface area contributed by atoms with Gasteiger partial charge in [-0.25, -0.2) is 4.98 Å². The summed E-state index contributed by atoms with van der Waals surface area (Å²) in [5, 5.41) is 13.8. The second-order valence-electron chi connectivity index (χ2n) is 9.07. The number of likely N-dealkylation sites (tertiary alicyclic amines) is 1. The van der Waals surface area contributed by atoms with Crippen LogP contribution in [0.1, 0.15) is 34.3 Å². The van der Waals surface area contributed by atoms with Crippen molar-refractivity contribution < 1.29 is 32.5 Å². The maximum Gasteiger partial charge on any atom is 0.416 e. The number of carbonyl (C=O) groups excluding carboxylic acids is 2. The molecule has 2 aromatic rings. The van der Waals surface area contributed by atoms with Gasteiger partial charge in [0, 0.05) is 30.8 Å². The van der Waals surface area contributed by atoms with Gasteiger partial charge in [0.25, 0.3) is 11.7 Å². The quantitative estimate of drug-likeness (QED) is 0.467. The van der Waals surface area contributed by atoms with E-state index in [0.29, 0.717) is 35.8 Å². The van der Waals surface area contributed by atoms with Gasteiger partial charge >= 0.3 is 6.18 Å². The van der Waals surface area contributed by atoms with E-state index in [1.807, 2.05) is 0 Å². The number of hydrogen-bond acceptors (Lipinski definition) is 7. The van der Waals surface area contributed by atoms with Gasteiger partial charge in [-0.15, -0.1) is 4.59 Å². The van der Waals surface area contributed by atoms with Crippen molar-refractivity contribution in [2.75, 3.05) is 18.4 Å². The van der Waals surface area contributed by atoms with E-state index in [1.54, 1.807) is 30.7 Å². The molecule has 4 heterocycles. The maximum atomic E-state index is 13.0. The highest BCUT2D eigenvalue weighted by atomic mass is 19.4. The van der Waals surface area contributed by atoms with Crippen molar-refractivity contribution in [1.82, 2.24) is 9.88 Å². The lowest BCUT2D eigenvalue weighted by Gasteiger charge is -2.34. The Balaban J connectivity index is 1.39. The summed E-state index contributed by atoms with van der Waals surface area (Å²) in [4.78, 5) is 38.1. The summed E-state index contributed by atoms with van der Waals surface area (Å²) in [7, 11) is 0. The Hall–Kier alpha value is -4.36. The van der Waals surface area contributed by atoms with Gasteiger partial charge in [0.2, 0.25) is 5.70 Å². The number of fused-ring (bicyclic) bond motifs is 1. The number of pyridine rings is 1. The molecule has 1 aromatic carbocycles. The van der Waals surface area contributed by atoms with Crippen LogP contribution in [0.3, 0.4) is 0 Å². The van der Waals surface area contributed by atoms with Gasteiger partial charge in [0.05, 0.1) is 23.5 Å². The molecule has 2 unspecified atom stereocenters. The highest BCUT2D eigenvalue weighted by molar-refractivity contribution is 6.05. The van der Waals surface area contributed by atoms with Crippen molar-refractivity contribution >= 4 is 29.9 Å². The molecule has 2 amide bonds. The van der Waals surface area contributed by atoms with Crippen LogP contribution in [-0.2, 0) is 6.18 Å². The minimum atomic E-state index is -4.56. The van der Waals surface area contributed by atoms with Gasteiger partial charge in [0.1, 0.15) is 23.8 Å². The van der Waals surface area contributed by atoms with Gasteiger partial charge in [-0.1, -0.05) is 0 Å². The number of alkyl halides is 3. The standard InChI is InChI=1S/C25H22F3N7O3/c26-25(27,28)18-7-8-31-20(12-18)32-23(36)16-5-3-15(4-6-16)22-33-21(19-13-30-9-11-35(19,22)29)17-2-1-10-34(14-17)24(37)38/h3-9,11-13,17H,1-2,10,14,29H2,(H-,31,32,36,37,38). The summed E-state index contributed by atoms with van der Waals surface area (Å²) in [6, 6.07) is 7.85. The Morgan fingerprint density at radius 3 is 2.66 bits per heavy atom. The molecule has 10 nitrogen and oxygen atoms in total. The number of aliphatic imine (C=N–C) groups is 2. The monoisotopic (exact) mass is 525 g/mol. The van der Waals surface area contributed by atoms with Crippen molar-refractivity contribution in [2.45, 2.75) is 19.0 Å². The van der Waals surface area contributed by atoms with Crippen LogP contribution in [0.5, 0.6) is 0 Å². The van der Waals surface area contributed by atoms with Crippen molar-refractivity contribution in [2.24, 2.45) is 21.7 Å². The number of nitrogens with zero attached hydrogens (tertiary/aromatic N) is 5.